The van der Waals surface area contributed by atoms with E-state index < -0.39 is 30.1 Å². The van der Waals surface area contributed by atoms with Crippen molar-refractivity contribution in [2.24, 2.45) is 0 Å². The van der Waals surface area contributed by atoms with E-state index in [4.69, 9.17) is 14.2 Å². The molecule has 0 amide bonds. The lowest BCUT2D eigenvalue weighted by Gasteiger charge is -2.26. The Kier molecular flexibility index (Phi) is 9.11. The number of aliphatic carboxylic acids is 1. The number of carbonyl (C=O) groups is 3. The van der Waals surface area contributed by atoms with Gasteiger partial charge >= 0.3 is 17.9 Å². The predicted molar refractivity (Wildman–Crippen MR) is 128 cm³/mol. The van der Waals surface area contributed by atoms with E-state index in [1.807, 2.05) is 6.07 Å². The molecule has 0 aliphatic carbocycles. The molecule has 8 nitrogen and oxygen atoms in total. The molecule has 0 aromatic heterocycles. The number of carboxylic acids is 1. The normalized spacial score (nSPS) is 12.4. The molecular weight excluding hydrogens is 450 g/mol. The maximum absolute atomic E-state index is 12.3. The second-order valence-electron chi connectivity index (χ2n) is 7.74. The van der Waals surface area contributed by atoms with Crippen molar-refractivity contribution in [1.82, 2.24) is 5.32 Å². The molecule has 0 aliphatic rings. The van der Waals surface area contributed by atoms with Gasteiger partial charge in [0.1, 0.15) is 23.6 Å². The van der Waals surface area contributed by atoms with Crippen molar-refractivity contribution in [2.45, 2.75) is 39.1 Å². The third kappa shape index (κ3) is 7.49. The summed E-state index contributed by atoms with van der Waals surface area (Å²) < 4.78 is 16.6. The standard InChI is InChI=1S/C27H27NO7/c1-18(29)34-23-14-8-6-12-21(23)16-28-25(27(31)32)26(20-10-4-3-5-11-20)33-17-22-13-7-9-15-24(22)35-19(2)30/h3-15,25-26,28H,16-17H2,1-2H3,(H,31,32). The Bertz CT molecular complexity index is 1160. The molecule has 2 N–H and O–H groups in total. The summed E-state index contributed by atoms with van der Waals surface area (Å²) >= 11 is 0. The van der Waals surface area contributed by atoms with Gasteiger partial charge in [0.05, 0.1) is 6.61 Å². The van der Waals surface area contributed by atoms with E-state index in [-0.39, 0.29) is 13.2 Å². The zero-order valence-electron chi connectivity index (χ0n) is 19.5. The molecule has 2 atom stereocenters. The number of rotatable bonds is 11. The van der Waals surface area contributed by atoms with Crippen LogP contribution in [0.2, 0.25) is 0 Å². The topological polar surface area (TPSA) is 111 Å². The number of hydrogen-bond donors (Lipinski definition) is 2. The fourth-order valence-electron chi connectivity index (χ4n) is 3.53. The van der Waals surface area contributed by atoms with E-state index in [0.717, 1.165) is 0 Å². The van der Waals surface area contributed by atoms with Crippen LogP contribution in [0.5, 0.6) is 11.5 Å². The van der Waals surface area contributed by atoms with Crippen molar-refractivity contribution in [2.75, 3.05) is 0 Å². The number of carboxylic acid groups (broad SMARTS) is 1. The molecule has 3 aromatic rings. The number of ether oxygens (including phenoxy) is 3. The summed E-state index contributed by atoms with van der Waals surface area (Å²) in [6, 6.07) is 21.7. The van der Waals surface area contributed by atoms with Crippen molar-refractivity contribution in [3.8, 4) is 11.5 Å². The summed E-state index contributed by atoms with van der Waals surface area (Å²) in [6.45, 7) is 2.75. The molecule has 0 aliphatic heterocycles. The summed E-state index contributed by atoms with van der Waals surface area (Å²) in [5.74, 6) is -1.35. The van der Waals surface area contributed by atoms with E-state index in [1.54, 1.807) is 72.8 Å². The van der Waals surface area contributed by atoms with E-state index in [0.29, 0.717) is 28.2 Å². The fraction of sp³-hybridized carbons (Fsp3) is 0.222. The number of esters is 2. The van der Waals surface area contributed by atoms with Gasteiger partial charge < -0.3 is 19.3 Å². The largest absolute Gasteiger partial charge is 0.480 e. The highest BCUT2D eigenvalue weighted by atomic mass is 16.5. The minimum atomic E-state index is -1.14. The number of para-hydroxylation sites is 2. The van der Waals surface area contributed by atoms with Crippen molar-refractivity contribution in [1.29, 1.82) is 0 Å². The smallest absolute Gasteiger partial charge is 0.323 e. The minimum Gasteiger partial charge on any atom is -0.480 e. The van der Waals surface area contributed by atoms with Crippen molar-refractivity contribution < 1.29 is 33.7 Å². The quantitative estimate of drug-likeness (QED) is 0.314. The predicted octanol–water partition coefficient (Wildman–Crippen LogP) is 4.04. The SMILES string of the molecule is CC(=O)Oc1ccccc1CNC(C(=O)O)C(OCc1ccccc1OC(C)=O)c1ccccc1. The van der Waals surface area contributed by atoms with E-state index in [2.05, 4.69) is 5.32 Å². The molecule has 182 valence electrons. The van der Waals surface area contributed by atoms with Gasteiger partial charge in [-0.05, 0) is 17.7 Å². The maximum atomic E-state index is 12.3. The summed E-state index contributed by atoms with van der Waals surface area (Å²) in [7, 11) is 0. The third-order valence-corrected chi connectivity index (χ3v) is 5.08. The van der Waals surface area contributed by atoms with Crippen LogP contribution >= 0.6 is 0 Å². The van der Waals surface area contributed by atoms with Gasteiger partial charge in [0, 0.05) is 31.5 Å². The number of carbonyl (C=O) groups excluding carboxylic acids is 2. The number of benzene rings is 3. The monoisotopic (exact) mass is 477 g/mol. The molecule has 0 spiro atoms. The van der Waals surface area contributed by atoms with Crippen LogP contribution in [0.15, 0.2) is 78.9 Å². The summed E-state index contributed by atoms with van der Waals surface area (Å²) in [5.41, 5.74) is 1.89. The Morgan fingerprint density at radius 1 is 0.771 bits per heavy atom. The van der Waals surface area contributed by atoms with Crippen LogP contribution in [0.4, 0.5) is 0 Å². The van der Waals surface area contributed by atoms with Gasteiger partial charge in [-0.1, -0.05) is 66.7 Å². The molecule has 0 fully saturated rings. The lowest BCUT2D eigenvalue weighted by Crippen LogP contribution is -2.42. The Labute approximate surface area is 203 Å². The van der Waals surface area contributed by atoms with Crippen molar-refractivity contribution in [3.63, 3.8) is 0 Å². The third-order valence-electron chi connectivity index (χ3n) is 5.08. The molecule has 0 saturated carbocycles. The summed E-state index contributed by atoms with van der Waals surface area (Å²) in [4.78, 5) is 35.2. The van der Waals surface area contributed by atoms with Gasteiger partial charge in [0.25, 0.3) is 0 Å². The van der Waals surface area contributed by atoms with Crippen LogP contribution in [0.3, 0.4) is 0 Å². The molecule has 8 heteroatoms. The van der Waals surface area contributed by atoms with Gasteiger partial charge in [-0.2, -0.15) is 0 Å². The van der Waals surface area contributed by atoms with Gasteiger partial charge in [-0.25, -0.2) is 0 Å². The first-order valence-corrected chi connectivity index (χ1v) is 11.0. The van der Waals surface area contributed by atoms with Gasteiger partial charge in [0.2, 0.25) is 0 Å². The van der Waals surface area contributed by atoms with Crippen LogP contribution in [0, 0.1) is 0 Å². The highest BCUT2D eigenvalue weighted by Crippen LogP contribution is 2.27. The molecule has 0 bridgehead atoms. The van der Waals surface area contributed by atoms with E-state index in [9.17, 15) is 19.5 Å². The minimum absolute atomic E-state index is 0.0124. The van der Waals surface area contributed by atoms with Crippen LogP contribution < -0.4 is 14.8 Å². The Morgan fingerprint density at radius 3 is 1.86 bits per heavy atom. The highest BCUT2D eigenvalue weighted by molar-refractivity contribution is 5.75. The first-order valence-electron chi connectivity index (χ1n) is 11.0. The van der Waals surface area contributed by atoms with Crippen LogP contribution in [-0.4, -0.2) is 29.1 Å². The first kappa shape index (κ1) is 25.6. The van der Waals surface area contributed by atoms with Gasteiger partial charge in [-0.15, -0.1) is 0 Å². The lowest BCUT2D eigenvalue weighted by atomic mass is 10.0. The van der Waals surface area contributed by atoms with Gasteiger partial charge in [-0.3, -0.25) is 19.7 Å². The maximum Gasteiger partial charge on any atom is 0.323 e. The number of hydrogen-bond acceptors (Lipinski definition) is 7. The fourth-order valence-corrected chi connectivity index (χ4v) is 3.53. The molecule has 0 saturated heterocycles. The molecular formula is C27H27NO7. The number of nitrogens with one attached hydrogen (secondary N) is 1. The molecule has 3 aromatic carbocycles. The Hall–Kier alpha value is -4.01. The van der Waals surface area contributed by atoms with Crippen molar-refractivity contribution >= 4 is 17.9 Å². The summed E-state index contributed by atoms with van der Waals surface area (Å²) in [5, 5.41) is 13.1. The van der Waals surface area contributed by atoms with Crippen LogP contribution in [0.25, 0.3) is 0 Å². The second kappa shape index (κ2) is 12.5. The Balaban J connectivity index is 1.85. The second-order valence-corrected chi connectivity index (χ2v) is 7.74. The molecule has 35 heavy (non-hydrogen) atoms. The highest BCUT2D eigenvalue weighted by Gasteiger charge is 2.30. The Morgan fingerprint density at radius 2 is 1.29 bits per heavy atom. The summed E-state index contributed by atoms with van der Waals surface area (Å²) in [6.07, 6.45) is -0.875. The molecule has 0 radical (unpaired) electrons. The van der Waals surface area contributed by atoms with Crippen LogP contribution in [-0.2, 0) is 32.3 Å². The molecule has 2 unspecified atom stereocenters. The average Bonchev–Trinajstić information content (AvgIpc) is 2.82. The molecule has 3 rings (SSSR count). The van der Waals surface area contributed by atoms with Gasteiger partial charge in [0.15, 0.2) is 0 Å². The first-order chi connectivity index (χ1) is 16.8. The van der Waals surface area contributed by atoms with E-state index in [1.165, 1.54) is 13.8 Å². The lowest BCUT2D eigenvalue weighted by molar-refractivity contribution is -0.145. The average molecular weight is 478 g/mol. The zero-order valence-corrected chi connectivity index (χ0v) is 19.5. The van der Waals surface area contributed by atoms with E-state index >= 15 is 0 Å². The zero-order chi connectivity index (χ0) is 25.2. The molecule has 0 heterocycles. The van der Waals surface area contributed by atoms with Crippen LogP contribution in [0.1, 0.15) is 36.6 Å². The van der Waals surface area contributed by atoms with Crippen molar-refractivity contribution in [3.05, 3.63) is 95.6 Å².